The van der Waals surface area contributed by atoms with Gasteiger partial charge in [0.15, 0.2) is 0 Å². The second kappa shape index (κ2) is 5.00. The maximum absolute atomic E-state index is 9.83. The zero-order valence-corrected chi connectivity index (χ0v) is 8.85. The van der Waals surface area contributed by atoms with Crippen molar-refractivity contribution in [1.82, 2.24) is 4.98 Å². The molecule has 0 spiro atoms. The number of aromatic nitrogens is 1. The summed E-state index contributed by atoms with van der Waals surface area (Å²) in [5.74, 6) is 0.546. The summed E-state index contributed by atoms with van der Waals surface area (Å²) < 4.78 is 5.06. The second-order valence-corrected chi connectivity index (χ2v) is 4.01. The summed E-state index contributed by atoms with van der Waals surface area (Å²) in [5.41, 5.74) is 0.913. The first-order valence-electron chi connectivity index (χ1n) is 4.61. The lowest BCUT2D eigenvalue weighted by Gasteiger charge is -2.08. The Kier molecular flexibility index (Phi) is 3.42. The van der Waals surface area contributed by atoms with Crippen LogP contribution in [0, 0.1) is 0 Å². The molecule has 0 fully saturated rings. The fraction of sp³-hybridized carbons (Fsp3) is 0.182. The normalized spacial score (nSPS) is 12.6. The van der Waals surface area contributed by atoms with Gasteiger partial charge in [0.1, 0.15) is 6.26 Å². The number of rotatable bonds is 4. The van der Waals surface area contributed by atoms with Crippen LogP contribution in [0.2, 0.25) is 0 Å². The molecule has 1 atom stereocenters. The monoisotopic (exact) mass is 221 g/mol. The lowest BCUT2D eigenvalue weighted by molar-refractivity contribution is 0.203. The Balaban J connectivity index is 1.90. The Morgan fingerprint density at radius 3 is 2.80 bits per heavy atom. The van der Waals surface area contributed by atoms with E-state index in [9.17, 15) is 5.11 Å². The van der Waals surface area contributed by atoms with Gasteiger partial charge in [0.25, 0.3) is 5.22 Å². The zero-order chi connectivity index (χ0) is 10.5. The molecule has 1 aromatic carbocycles. The summed E-state index contributed by atoms with van der Waals surface area (Å²) in [6.07, 6.45) is 2.64. The lowest BCUT2D eigenvalue weighted by atomic mass is 10.1. The maximum atomic E-state index is 9.83. The van der Waals surface area contributed by atoms with E-state index in [0.29, 0.717) is 11.0 Å². The molecule has 0 saturated carbocycles. The molecule has 0 amide bonds. The van der Waals surface area contributed by atoms with E-state index < -0.39 is 6.10 Å². The third-order valence-corrected chi connectivity index (χ3v) is 2.89. The molecule has 1 aromatic heterocycles. The van der Waals surface area contributed by atoms with Gasteiger partial charge >= 0.3 is 0 Å². The Labute approximate surface area is 92.1 Å². The highest BCUT2D eigenvalue weighted by Crippen LogP contribution is 2.22. The first kappa shape index (κ1) is 10.3. The minimum absolute atomic E-state index is 0.483. The molecule has 1 heterocycles. The first-order chi connectivity index (χ1) is 7.36. The van der Waals surface area contributed by atoms with Crippen LogP contribution < -0.4 is 0 Å². The van der Waals surface area contributed by atoms with Crippen LogP contribution in [0.3, 0.4) is 0 Å². The van der Waals surface area contributed by atoms with Crippen molar-refractivity contribution in [2.24, 2.45) is 0 Å². The molecule has 0 aliphatic heterocycles. The summed E-state index contributed by atoms with van der Waals surface area (Å²) >= 11 is 1.40. The molecule has 1 N–H and O–H groups in total. The first-order valence-corrected chi connectivity index (χ1v) is 5.60. The van der Waals surface area contributed by atoms with Crippen molar-refractivity contribution in [2.45, 2.75) is 11.3 Å². The highest BCUT2D eigenvalue weighted by molar-refractivity contribution is 7.99. The number of aliphatic hydroxyl groups excluding tert-OH is 1. The van der Waals surface area contributed by atoms with Crippen LogP contribution >= 0.6 is 11.8 Å². The molecule has 2 rings (SSSR count). The van der Waals surface area contributed by atoms with E-state index in [1.807, 2.05) is 30.3 Å². The molecular formula is C11H11NO2S. The zero-order valence-electron chi connectivity index (χ0n) is 8.04. The average molecular weight is 221 g/mol. The van der Waals surface area contributed by atoms with Crippen LogP contribution in [-0.2, 0) is 0 Å². The van der Waals surface area contributed by atoms with E-state index in [1.54, 1.807) is 6.20 Å². The fourth-order valence-corrected chi connectivity index (χ4v) is 1.96. The molecule has 15 heavy (non-hydrogen) atoms. The predicted molar refractivity (Wildman–Crippen MR) is 58.6 cm³/mol. The van der Waals surface area contributed by atoms with Crippen molar-refractivity contribution >= 4 is 11.8 Å². The van der Waals surface area contributed by atoms with Crippen molar-refractivity contribution in [2.75, 3.05) is 5.75 Å². The molecule has 0 aliphatic carbocycles. The van der Waals surface area contributed by atoms with E-state index in [4.69, 9.17) is 4.42 Å². The van der Waals surface area contributed by atoms with Crippen LogP contribution in [0.15, 0.2) is 52.4 Å². The van der Waals surface area contributed by atoms with Gasteiger partial charge < -0.3 is 9.52 Å². The van der Waals surface area contributed by atoms with Crippen LogP contribution in [-0.4, -0.2) is 15.8 Å². The van der Waals surface area contributed by atoms with Gasteiger partial charge in [-0.25, -0.2) is 4.98 Å². The van der Waals surface area contributed by atoms with Gasteiger partial charge in [-0.05, 0) is 5.56 Å². The van der Waals surface area contributed by atoms with Crippen molar-refractivity contribution in [3.05, 3.63) is 48.4 Å². The van der Waals surface area contributed by atoms with Gasteiger partial charge in [0, 0.05) is 5.75 Å². The van der Waals surface area contributed by atoms with Gasteiger partial charge in [-0.2, -0.15) is 0 Å². The van der Waals surface area contributed by atoms with Crippen LogP contribution in [0.1, 0.15) is 11.7 Å². The van der Waals surface area contributed by atoms with Gasteiger partial charge in [-0.3, -0.25) is 0 Å². The van der Waals surface area contributed by atoms with E-state index in [0.717, 1.165) is 5.56 Å². The minimum Gasteiger partial charge on any atom is -0.440 e. The molecule has 0 saturated heterocycles. The van der Waals surface area contributed by atoms with Crippen molar-refractivity contribution in [1.29, 1.82) is 0 Å². The van der Waals surface area contributed by atoms with Crippen molar-refractivity contribution < 1.29 is 9.52 Å². The number of nitrogens with zero attached hydrogens (tertiary/aromatic N) is 1. The third kappa shape index (κ3) is 2.84. The van der Waals surface area contributed by atoms with Crippen LogP contribution in [0.4, 0.5) is 0 Å². The van der Waals surface area contributed by atoms with Crippen LogP contribution in [0.5, 0.6) is 0 Å². The summed E-state index contributed by atoms with van der Waals surface area (Å²) in [6, 6.07) is 9.56. The summed E-state index contributed by atoms with van der Waals surface area (Å²) in [4.78, 5) is 3.97. The highest BCUT2D eigenvalue weighted by Gasteiger charge is 2.08. The van der Waals surface area contributed by atoms with E-state index in [1.165, 1.54) is 18.0 Å². The van der Waals surface area contributed by atoms with Gasteiger partial charge in [0.05, 0.1) is 12.3 Å². The van der Waals surface area contributed by atoms with Gasteiger partial charge in [0.2, 0.25) is 0 Å². The molecule has 0 bridgehead atoms. The molecule has 78 valence electrons. The second-order valence-electron chi connectivity index (χ2n) is 3.04. The van der Waals surface area contributed by atoms with Crippen molar-refractivity contribution in [3.8, 4) is 0 Å². The number of hydrogen-bond donors (Lipinski definition) is 1. The minimum atomic E-state index is -0.483. The molecule has 0 radical (unpaired) electrons. The summed E-state index contributed by atoms with van der Waals surface area (Å²) in [5, 5.41) is 10.4. The number of oxazole rings is 1. The highest BCUT2D eigenvalue weighted by atomic mass is 32.2. The fourth-order valence-electron chi connectivity index (χ4n) is 1.20. The number of benzene rings is 1. The average Bonchev–Trinajstić information content (AvgIpc) is 2.80. The Bertz CT molecular complexity index is 388. The summed E-state index contributed by atoms with van der Waals surface area (Å²) in [7, 11) is 0. The van der Waals surface area contributed by atoms with Crippen molar-refractivity contribution in [3.63, 3.8) is 0 Å². The SMILES string of the molecule is OC(CSc1ncco1)c1ccccc1. The topological polar surface area (TPSA) is 46.3 Å². The lowest BCUT2D eigenvalue weighted by Crippen LogP contribution is -1.99. The quantitative estimate of drug-likeness (QED) is 0.806. The molecule has 1 unspecified atom stereocenters. The molecule has 2 aromatic rings. The van der Waals surface area contributed by atoms with E-state index >= 15 is 0 Å². The number of hydrogen-bond acceptors (Lipinski definition) is 4. The van der Waals surface area contributed by atoms with Gasteiger partial charge in [-0.15, -0.1) is 0 Å². The largest absolute Gasteiger partial charge is 0.440 e. The molecule has 0 aliphatic rings. The Morgan fingerprint density at radius 2 is 2.13 bits per heavy atom. The third-order valence-electron chi connectivity index (χ3n) is 1.96. The van der Waals surface area contributed by atoms with E-state index in [-0.39, 0.29) is 0 Å². The summed E-state index contributed by atoms with van der Waals surface area (Å²) in [6.45, 7) is 0. The number of thioether (sulfide) groups is 1. The number of aliphatic hydroxyl groups is 1. The van der Waals surface area contributed by atoms with Crippen LogP contribution in [0.25, 0.3) is 0 Å². The van der Waals surface area contributed by atoms with Gasteiger partial charge in [-0.1, -0.05) is 42.1 Å². The predicted octanol–water partition coefficient (Wildman–Crippen LogP) is 2.50. The Hall–Kier alpha value is -1.26. The molecule has 3 nitrogen and oxygen atoms in total. The Morgan fingerprint density at radius 1 is 1.33 bits per heavy atom. The molecule has 4 heteroatoms. The maximum Gasteiger partial charge on any atom is 0.255 e. The standard InChI is InChI=1S/C11H11NO2S/c13-10(9-4-2-1-3-5-9)8-15-11-12-6-7-14-11/h1-7,10,13H,8H2. The van der Waals surface area contributed by atoms with E-state index in [2.05, 4.69) is 4.98 Å². The molecular weight excluding hydrogens is 210 g/mol. The smallest absolute Gasteiger partial charge is 0.255 e.